The monoisotopic (exact) mass is 336 g/mol. The maximum absolute atomic E-state index is 13.9. The number of carbonyl (C=O) groups excluding carboxylic acids is 1. The molecule has 0 radical (unpaired) electrons. The van der Waals surface area contributed by atoms with E-state index in [2.05, 4.69) is 20.9 Å². The molecule has 0 spiro atoms. The second-order valence-corrected chi connectivity index (χ2v) is 5.25. The Morgan fingerprint density at radius 2 is 2.10 bits per heavy atom. The van der Waals surface area contributed by atoms with E-state index < -0.39 is 5.82 Å². The number of rotatable bonds is 4. The van der Waals surface area contributed by atoms with Gasteiger partial charge in [0, 0.05) is 31.9 Å². The summed E-state index contributed by atoms with van der Waals surface area (Å²) in [7, 11) is 1.66. The van der Waals surface area contributed by atoms with Crippen LogP contribution in [0.2, 0.25) is 0 Å². The molecule has 1 aromatic carbocycles. The van der Waals surface area contributed by atoms with Gasteiger partial charge in [0.2, 0.25) is 0 Å². The van der Waals surface area contributed by atoms with Crippen molar-refractivity contribution in [2.24, 2.45) is 0 Å². The highest BCUT2D eigenvalue weighted by atomic mass is 79.9. The molecule has 0 aliphatic heterocycles. The maximum atomic E-state index is 13.9. The van der Waals surface area contributed by atoms with Gasteiger partial charge in [-0.25, -0.2) is 4.39 Å². The minimum atomic E-state index is -0.526. The van der Waals surface area contributed by atoms with E-state index >= 15 is 0 Å². The van der Waals surface area contributed by atoms with E-state index in [4.69, 9.17) is 0 Å². The summed E-state index contributed by atoms with van der Waals surface area (Å²) in [6, 6.07) is 10.3. The SMILES string of the molecule is CN(CCc1ccccn1)C(=O)c1cccc(Br)c1F. The van der Waals surface area contributed by atoms with Gasteiger partial charge in [0.05, 0.1) is 10.0 Å². The number of nitrogens with zero attached hydrogens (tertiary/aromatic N) is 2. The number of halogens is 2. The molecule has 0 N–H and O–H groups in total. The van der Waals surface area contributed by atoms with E-state index in [0.29, 0.717) is 17.4 Å². The van der Waals surface area contributed by atoms with Crippen molar-refractivity contribution in [3.05, 3.63) is 64.1 Å². The summed E-state index contributed by atoms with van der Waals surface area (Å²) >= 11 is 3.08. The first-order valence-electron chi connectivity index (χ1n) is 6.19. The Bertz CT molecular complexity index is 604. The fourth-order valence-electron chi connectivity index (χ4n) is 1.80. The van der Waals surface area contributed by atoms with Gasteiger partial charge in [-0.2, -0.15) is 0 Å². The molecule has 3 nitrogen and oxygen atoms in total. The molecule has 2 rings (SSSR count). The highest BCUT2D eigenvalue weighted by Crippen LogP contribution is 2.19. The zero-order valence-electron chi connectivity index (χ0n) is 11.0. The highest BCUT2D eigenvalue weighted by Gasteiger charge is 2.17. The van der Waals surface area contributed by atoms with Crippen LogP contribution in [0.5, 0.6) is 0 Å². The molecule has 0 unspecified atom stereocenters. The van der Waals surface area contributed by atoms with Crippen LogP contribution in [0.25, 0.3) is 0 Å². The van der Waals surface area contributed by atoms with E-state index in [9.17, 15) is 9.18 Å². The molecule has 20 heavy (non-hydrogen) atoms. The topological polar surface area (TPSA) is 33.2 Å². The van der Waals surface area contributed by atoms with Gasteiger partial charge in [-0.05, 0) is 40.2 Å². The summed E-state index contributed by atoms with van der Waals surface area (Å²) in [6.07, 6.45) is 2.35. The second-order valence-electron chi connectivity index (χ2n) is 4.40. The second kappa shape index (κ2) is 6.61. The van der Waals surface area contributed by atoms with Gasteiger partial charge in [-0.1, -0.05) is 12.1 Å². The Labute approximate surface area is 125 Å². The Kier molecular flexibility index (Phi) is 4.84. The van der Waals surface area contributed by atoms with Crippen molar-refractivity contribution in [1.29, 1.82) is 0 Å². The van der Waals surface area contributed by atoms with E-state index in [1.54, 1.807) is 25.4 Å². The van der Waals surface area contributed by atoms with Crippen LogP contribution in [0.1, 0.15) is 16.1 Å². The van der Waals surface area contributed by atoms with Crippen LogP contribution in [-0.4, -0.2) is 29.4 Å². The molecule has 5 heteroatoms. The fraction of sp³-hybridized carbons (Fsp3) is 0.200. The molecule has 0 atom stereocenters. The van der Waals surface area contributed by atoms with Crippen LogP contribution in [0.15, 0.2) is 47.1 Å². The summed E-state index contributed by atoms with van der Waals surface area (Å²) in [4.78, 5) is 17.9. The molecule has 1 aromatic heterocycles. The van der Waals surface area contributed by atoms with Crippen LogP contribution >= 0.6 is 15.9 Å². The summed E-state index contributed by atoms with van der Waals surface area (Å²) in [5, 5.41) is 0. The first-order chi connectivity index (χ1) is 9.59. The van der Waals surface area contributed by atoms with Crippen LogP contribution in [0, 0.1) is 5.82 Å². The summed E-state index contributed by atoms with van der Waals surface area (Å²) in [5.74, 6) is -0.859. The van der Waals surface area contributed by atoms with Crippen molar-refractivity contribution in [3.63, 3.8) is 0 Å². The van der Waals surface area contributed by atoms with E-state index in [0.717, 1.165) is 5.69 Å². The molecule has 0 bridgehead atoms. The lowest BCUT2D eigenvalue weighted by molar-refractivity contribution is 0.0791. The molecule has 0 fully saturated rings. The molecular formula is C15H14BrFN2O. The summed E-state index contributed by atoms with van der Waals surface area (Å²) < 4.78 is 14.2. The van der Waals surface area contributed by atoms with Crippen LogP contribution < -0.4 is 0 Å². The van der Waals surface area contributed by atoms with E-state index in [1.165, 1.54) is 11.0 Å². The van der Waals surface area contributed by atoms with Gasteiger partial charge in [-0.3, -0.25) is 9.78 Å². The molecular weight excluding hydrogens is 323 g/mol. The van der Waals surface area contributed by atoms with Crippen molar-refractivity contribution in [3.8, 4) is 0 Å². The average Bonchev–Trinajstić information content (AvgIpc) is 2.48. The molecule has 2 aromatic rings. The number of benzene rings is 1. The smallest absolute Gasteiger partial charge is 0.256 e. The minimum absolute atomic E-state index is 0.0721. The lowest BCUT2D eigenvalue weighted by Gasteiger charge is -2.17. The Morgan fingerprint density at radius 3 is 2.80 bits per heavy atom. The number of pyridine rings is 1. The summed E-state index contributed by atoms with van der Waals surface area (Å²) in [5.41, 5.74) is 0.977. The van der Waals surface area contributed by atoms with Crippen molar-refractivity contribution in [1.82, 2.24) is 9.88 Å². The molecule has 0 aliphatic carbocycles. The van der Waals surface area contributed by atoms with Gasteiger partial charge >= 0.3 is 0 Å². The first kappa shape index (κ1) is 14.7. The number of hydrogen-bond acceptors (Lipinski definition) is 2. The normalized spacial score (nSPS) is 10.3. The number of likely N-dealkylation sites (N-methyl/N-ethyl adjacent to an activating group) is 1. The van der Waals surface area contributed by atoms with E-state index in [-0.39, 0.29) is 11.5 Å². The van der Waals surface area contributed by atoms with E-state index in [1.807, 2.05) is 18.2 Å². The third-order valence-electron chi connectivity index (χ3n) is 2.96. The zero-order chi connectivity index (χ0) is 14.5. The van der Waals surface area contributed by atoms with Crippen LogP contribution in [-0.2, 0) is 6.42 Å². The first-order valence-corrected chi connectivity index (χ1v) is 6.98. The number of amides is 1. The predicted molar refractivity (Wildman–Crippen MR) is 79.0 cm³/mol. The zero-order valence-corrected chi connectivity index (χ0v) is 12.6. The lowest BCUT2D eigenvalue weighted by Crippen LogP contribution is -2.29. The molecule has 0 aliphatic rings. The molecule has 0 saturated heterocycles. The number of aromatic nitrogens is 1. The largest absolute Gasteiger partial charge is 0.341 e. The van der Waals surface area contributed by atoms with Gasteiger partial charge < -0.3 is 4.90 Å². The third-order valence-corrected chi connectivity index (χ3v) is 3.57. The standard InChI is InChI=1S/C15H14BrFN2O/c1-19(10-8-11-5-2-3-9-18-11)15(20)12-6-4-7-13(16)14(12)17/h2-7,9H,8,10H2,1H3. The predicted octanol–water partition coefficient (Wildman–Crippen LogP) is 3.30. The van der Waals surface area contributed by atoms with Gasteiger partial charge in [-0.15, -0.1) is 0 Å². The Morgan fingerprint density at radius 1 is 1.30 bits per heavy atom. The minimum Gasteiger partial charge on any atom is -0.341 e. The number of carbonyl (C=O) groups is 1. The molecule has 1 heterocycles. The lowest BCUT2D eigenvalue weighted by atomic mass is 10.2. The highest BCUT2D eigenvalue weighted by molar-refractivity contribution is 9.10. The van der Waals surface area contributed by atoms with Gasteiger partial charge in [0.25, 0.3) is 5.91 Å². The third kappa shape index (κ3) is 3.42. The molecule has 0 saturated carbocycles. The fourth-order valence-corrected chi connectivity index (χ4v) is 2.17. The van der Waals surface area contributed by atoms with Crippen LogP contribution in [0.4, 0.5) is 4.39 Å². The Hall–Kier alpha value is -1.75. The summed E-state index contributed by atoms with van der Waals surface area (Å²) in [6.45, 7) is 0.488. The maximum Gasteiger partial charge on any atom is 0.256 e. The quantitative estimate of drug-likeness (QED) is 0.858. The van der Waals surface area contributed by atoms with Gasteiger partial charge in [0.15, 0.2) is 0 Å². The average molecular weight is 337 g/mol. The Balaban J connectivity index is 2.04. The van der Waals surface area contributed by atoms with Crippen molar-refractivity contribution < 1.29 is 9.18 Å². The van der Waals surface area contributed by atoms with Crippen molar-refractivity contribution >= 4 is 21.8 Å². The number of hydrogen-bond donors (Lipinski definition) is 0. The molecule has 1 amide bonds. The molecule has 104 valence electrons. The van der Waals surface area contributed by atoms with Gasteiger partial charge in [0.1, 0.15) is 5.82 Å². The van der Waals surface area contributed by atoms with Crippen molar-refractivity contribution in [2.75, 3.05) is 13.6 Å². The van der Waals surface area contributed by atoms with Crippen LogP contribution in [0.3, 0.4) is 0 Å². The van der Waals surface area contributed by atoms with Crippen molar-refractivity contribution in [2.45, 2.75) is 6.42 Å².